The van der Waals surface area contributed by atoms with Gasteiger partial charge in [-0.3, -0.25) is 19.0 Å². The van der Waals surface area contributed by atoms with Gasteiger partial charge in [0, 0.05) is 37.6 Å². The van der Waals surface area contributed by atoms with Crippen molar-refractivity contribution in [3.8, 4) is 11.8 Å². The SMILES string of the molecule is CCn1c(=C(C#N)C(=O)NCC2CC2)sc(=CNc2cccc(OCC(=O)NCC3CC3)c2)c1=O. The summed E-state index contributed by atoms with van der Waals surface area (Å²) in [5.41, 5.74) is 0.344. The fraction of sp³-hybridized carbons (Fsp3) is 0.440. The third kappa shape index (κ3) is 6.73. The summed E-state index contributed by atoms with van der Waals surface area (Å²) < 4.78 is 7.73. The molecule has 3 N–H and O–H groups in total. The lowest BCUT2D eigenvalue weighted by molar-refractivity contribution is -0.123. The van der Waals surface area contributed by atoms with Gasteiger partial charge in [-0.1, -0.05) is 6.07 Å². The average Bonchev–Trinajstić information content (AvgIpc) is 3.79. The number of aromatic nitrogens is 1. The first-order chi connectivity index (χ1) is 17.0. The van der Waals surface area contributed by atoms with Crippen LogP contribution in [0.25, 0.3) is 11.8 Å². The highest BCUT2D eigenvalue weighted by molar-refractivity contribution is 7.07. The van der Waals surface area contributed by atoms with E-state index in [9.17, 15) is 19.6 Å². The number of hydrogen-bond acceptors (Lipinski definition) is 7. The third-order valence-electron chi connectivity index (χ3n) is 5.88. The second-order valence-electron chi connectivity index (χ2n) is 8.81. The monoisotopic (exact) mass is 495 g/mol. The molecule has 2 aliphatic rings. The van der Waals surface area contributed by atoms with Gasteiger partial charge in [-0.15, -0.1) is 11.3 Å². The molecule has 0 aliphatic heterocycles. The summed E-state index contributed by atoms with van der Waals surface area (Å²) in [6.07, 6.45) is 6.08. The number of carbonyl (C=O) groups excluding carboxylic acids is 2. The minimum Gasteiger partial charge on any atom is -0.484 e. The van der Waals surface area contributed by atoms with Crippen molar-refractivity contribution in [3.63, 3.8) is 0 Å². The molecule has 0 radical (unpaired) electrons. The van der Waals surface area contributed by atoms with Crippen molar-refractivity contribution in [1.29, 1.82) is 5.26 Å². The second-order valence-corrected chi connectivity index (χ2v) is 9.84. The van der Waals surface area contributed by atoms with Crippen LogP contribution in [0, 0.1) is 23.2 Å². The Hall–Kier alpha value is -3.58. The smallest absolute Gasteiger partial charge is 0.270 e. The molecule has 35 heavy (non-hydrogen) atoms. The highest BCUT2D eigenvalue weighted by Gasteiger charge is 2.23. The average molecular weight is 496 g/mol. The molecule has 2 amide bonds. The lowest BCUT2D eigenvalue weighted by Crippen LogP contribution is -2.35. The van der Waals surface area contributed by atoms with Crippen LogP contribution in [-0.4, -0.2) is 36.1 Å². The number of nitrogens with one attached hydrogen (secondary N) is 3. The Morgan fingerprint density at radius 2 is 1.91 bits per heavy atom. The Kier molecular flexibility index (Phi) is 7.87. The number of rotatable bonds is 11. The van der Waals surface area contributed by atoms with Gasteiger partial charge in [-0.25, -0.2) is 0 Å². The van der Waals surface area contributed by atoms with Crippen LogP contribution in [0.3, 0.4) is 0 Å². The predicted octanol–water partition coefficient (Wildman–Crippen LogP) is 0.885. The summed E-state index contributed by atoms with van der Waals surface area (Å²) in [5.74, 6) is 1.01. The molecule has 184 valence electrons. The normalized spacial score (nSPS) is 16.3. The van der Waals surface area contributed by atoms with E-state index in [-0.39, 0.29) is 23.6 Å². The standard InChI is InChI=1S/C25H29N5O4S/c1-2-30-24(33)21(35-25(30)20(11-26)23(32)29-13-17-8-9-17)14-27-18-4-3-5-19(10-18)34-15-22(31)28-12-16-6-7-16/h3-5,10,14,16-17,27H,2,6-9,12-13,15H2,1H3,(H,28,31)(H,29,32). The molecular formula is C25H29N5O4S. The second kappa shape index (κ2) is 11.2. The number of benzene rings is 1. The van der Waals surface area contributed by atoms with E-state index in [2.05, 4.69) is 16.0 Å². The number of anilines is 1. The number of nitrogens with zero attached hydrogens (tertiary/aromatic N) is 2. The molecule has 1 aromatic heterocycles. The lowest BCUT2D eigenvalue weighted by atomic mass is 10.3. The highest BCUT2D eigenvalue weighted by Crippen LogP contribution is 2.28. The number of nitriles is 1. The minimum atomic E-state index is -0.451. The molecule has 2 aromatic rings. The highest BCUT2D eigenvalue weighted by atomic mass is 32.1. The van der Waals surface area contributed by atoms with E-state index in [1.165, 1.54) is 17.4 Å². The topological polar surface area (TPSA) is 125 Å². The van der Waals surface area contributed by atoms with Crippen LogP contribution in [0.2, 0.25) is 0 Å². The molecule has 0 unspecified atom stereocenters. The maximum atomic E-state index is 12.9. The van der Waals surface area contributed by atoms with Crippen LogP contribution in [0.15, 0.2) is 29.1 Å². The summed E-state index contributed by atoms with van der Waals surface area (Å²) >= 11 is 1.10. The number of thiazole rings is 1. The van der Waals surface area contributed by atoms with Crippen molar-refractivity contribution in [3.05, 3.63) is 43.8 Å². The van der Waals surface area contributed by atoms with Crippen molar-refractivity contribution < 1.29 is 14.3 Å². The van der Waals surface area contributed by atoms with Gasteiger partial charge in [0.05, 0.1) is 0 Å². The van der Waals surface area contributed by atoms with E-state index in [4.69, 9.17) is 4.74 Å². The molecule has 0 atom stereocenters. The Balaban J connectivity index is 1.47. The minimum absolute atomic E-state index is 0.0513. The van der Waals surface area contributed by atoms with E-state index < -0.39 is 5.91 Å². The van der Waals surface area contributed by atoms with Gasteiger partial charge in [0.2, 0.25) is 0 Å². The van der Waals surface area contributed by atoms with E-state index in [0.717, 1.165) is 24.2 Å². The molecule has 0 spiro atoms. The third-order valence-corrected chi connectivity index (χ3v) is 7.01. The van der Waals surface area contributed by atoms with Gasteiger partial charge in [0.15, 0.2) is 12.2 Å². The lowest BCUT2D eigenvalue weighted by Gasteiger charge is -2.08. The zero-order valence-electron chi connectivity index (χ0n) is 19.6. The Morgan fingerprint density at radius 1 is 1.20 bits per heavy atom. The first-order valence-corrected chi connectivity index (χ1v) is 12.7. The van der Waals surface area contributed by atoms with E-state index in [1.54, 1.807) is 31.3 Å². The number of hydrogen-bond donors (Lipinski definition) is 3. The van der Waals surface area contributed by atoms with E-state index in [0.29, 0.717) is 52.1 Å². The maximum Gasteiger partial charge on any atom is 0.270 e. The molecule has 1 aromatic carbocycles. The van der Waals surface area contributed by atoms with Crippen LogP contribution in [0.4, 0.5) is 5.69 Å². The van der Waals surface area contributed by atoms with Crippen molar-refractivity contribution in [2.24, 2.45) is 11.8 Å². The molecule has 0 saturated heterocycles. The van der Waals surface area contributed by atoms with Crippen LogP contribution in [0.5, 0.6) is 5.75 Å². The molecule has 9 nitrogen and oxygen atoms in total. The molecule has 4 rings (SSSR count). The summed E-state index contributed by atoms with van der Waals surface area (Å²) in [4.78, 5) is 37.4. The Bertz CT molecular complexity index is 1310. The van der Waals surface area contributed by atoms with Crippen molar-refractivity contribution in [2.75, 3.05) is 25.0 Å². The van der Waals surface area contributed by atoms with Crippen molar-refractivity contribution in [2.45, 2.75) is 39.2 Å². The van der Waals surface area contributed by atoms with Gasteiger partial charge in [0.25, 0.3) is 17.4 Å². The van der Waals surface area contributed by atoms with Crippen molar-refractivity contribution >= 4 is 40.6 Å². The summed E-state index contributed by atoms with van der Waals surface area (Å²) in [6.45, 7) is 3.32. The van der Waals surface area contributed by atoms with Crippen LogP contribution in [-0.2, 0) is 16.1 Å². The fourth-order valence-electron chi connectivity index (χ4n) is 3.44. The quantitative estimate of drug-likeness (QED) is 0.425. The Morgan fingerprint density at radius 3 is 2.57 bits per heavy atom. The van der Waals surface area contributed by atoms with E-state index in [1.807, 2.05) is 12.1 Å². The molecule has 0 bridgehead atoms. The first-order valence-electron chi connectivity index (χ1n) is 11.9. The molecule has 2 fully saturated rings. The van der Waals surface area contributed by atoms with Gasteiger partial charge in [-0.2, -0.15) is 5.26 Å². The van der Waals surface area contributed by atoms with Crippen LogP contribution >= 0.6 is 11.3 Å². The van der Waals surface area contributed by atoms with Gasteiger partial charge < -0.3 is 20.7 Å². The first kappa shape index (κ1) is 24.5. The van der Waals surface area contributed by atoms with Crippen LogP contribution in [0.1, 0.15) is 32.6 Å². The predicted molar refractivity (Wildman–Crippen MR) is 134 cm³/mol. The molecule has 10 heteroatoms. The molecule has 1 heterocycles. The zero-order valence-corrected chi connectivity index (χ0v) is 20.5. The Labute approximate surface area is 207 Å². The summed E-state index contributed by atoms with van der Waals surface area (Å²) in [6, 6.07) is 9.04. The molecular weight excluding hydrogens is 466 g/mol. The molecule has 2 aliphatic carbocycles. The maximum absolute atomic E-state index is 12.9. The largest absolute Gasteiger partial charge is 0.484 e. The van der Waals surface area contributed by atoms with E-state index >= 15 is 0 Å². The van der Waals surface area contributed by atoms with Gasteiger partial charge in [0.1, 0.15) is 21.0 Å². The summed E-state index contributed by atoms with van der Waals surface area (Å²) in [5, 5.41) is 18.4. The number of amides is 2. The number of carbonyl (C=O) groups is 2. The zero-order chi connectivity index (χ0) is 24.8. The summed E-state index contributed by atoms with van der Waals surface area (Å²) in [7, 11) is 0. The molecule has 2 saturated carbocycles. The van der Waals surface area contributed by atoms with Crippen molar-refractivity contribution in [1.82, 2.24) is 15.2 Å². The van der Waals surface area contributed by atoms with Crippen LogP contribution < -0.4 is 35.4 Å². The van der Waals surface area contributed by atoms with Gasteiger partial charge in [-0.05, 0) is 56.6 Å². The fourth-order valence-corrected chi connectivity index (χ4v) is 4.53. The number of ether oxygens (including phenoxy) is 1. The van der Waals surface area contributed by atoms with Gasteiger partial charge >= 0.3 is 0 Å².